The fourth-order valence-corrected chi connectivity index (χ4v) is 5.46. The first-order valence-electron chi connectivity index (χ1n) is 6.40. The molecule has 1 aromatic rings. The summed E-state index contributed by atoms with van der Waals surface area (Å²) in [5.74, 6) is 0. The van der Waals surface area contributed by atoms with E-state index in [-0.39, 0.29) is 18.4 Å². The Morgan fingerprint density at radius 1 is 1.42 bits per heavy atom. The number of halogens is 1. The number of hydrogen-bond acceptors (Lipinski definition) is 4. The third-order valence-electron chi connectivity index (χ3n) is 3.39. The summed E-state index contributed by atoms with van der Waals surface area (Å²) in [5, 5.41) is 0. The highest BCUT2D eigenvalue weighted by molar-refractivity contribution is 7.91. The van der Waals surface area contributed by atoms with Crippen LogP contribution in [0.25, 0.3) is 0 Å². The Kier molecular flexibility index (Phi) is 6.26. The zero-order valence-electron chi connectivity index (χ0n) is 11.0. The van der Waals surface area contributed by atoms with Crippen molar-refractivity contribution >= 4 is 33.8 Å². The number of nitrogens with two attached hydrogens (primary N) is 1. The van der Waals surface area contributed by atoms with Crippen LogP contribution in [0.15, 0.2) is 16.3 Å². The van der Waals surface area contributed by atoms with Crippen LogP contribution >= 0.6 is 23.7 Å². The van der Waals surface area contributed by atoms with Gasteiger partial charge in [0.25, 0.3) is 10.0 Å². The van der Waals surface area contributed by atoms with Gasteiger partial charge in [-0.05, 0) is 31.4 Å². The van der Waals surface area contributed by atoms with E-state index in [0.717, 1.165) is 30.6 Å². The molecule has 0 aliphatic carbocycles. The molecule has 2 N–H and O–H groups in total. The lowest BCUT2D eigenvalue weighted by Gasteiger charge is -2.33. The summed E-state index contributed by atoms with van der Waals surface area (Å²) in [6.45, 7) is 3.04. The molecule has 0 aromatic carbocycles. The summed E-state index contributed by atoms with van der Waals surface area (Å²) < 4.78 is 27.2. The van der Waals surface area contributed by atoms with Gasteiger partial charge in [0.1, 0.15) is 4.21 Å². The molecule has 4 nitrogen and oxygen atoms in total. The Morgan fingerprint density at radius 3 is 2.74 bits per heavy atom. The van der Waals surface area contributed by atoms with E-state index in [1.54, 1.807) is 10.4 Å². The lowest BCUT2D eigenvalue weighted by molar-refractivity contribution is 0.258. The summed E-state index contributed by atoms with van der Waals surface area (Å²) in [5.41, 5.74) is 5.70. The summed E-state index contributed by atoms with van der Waals surface area (Å²) in [6.07, 6.45) is 3.75. The van der Waals surface area contributed by atoms with Crippen molar-refractivity contribution in [3.63, 3.8) is 0 Å². The largest absolute Gasteiger partial charge is 0.329 e. The smallest absolute Gasteiger partial charge is 0.252 e. The predicted octanol–water partition coefficient (Wildman–Crippen LogP) is 2.23. The maximum atomic E-state index is 12.6. The van der Waals surface area contributed by atoms with Gasteiger partial charge in [-0.3, -0.25) is 0 Å². The van der Waals surface area contributed by atoms with Crippen LogP contribution in [0.2, 0.25) is 0 Å². The molecular weight excluding hydrogens is 304 g/mol. The molecule has 1 atom stereocenters. The lowest BCUT2D eigenvalue weighted by atomic mass is 10.1. The van der Waals surface area contributed by atoms with E-state index in [4.69, 9.17) is 5.73 Å². The zero-order chi connectivity index (χ0) is 13.2. The Morgan fingerprint density at radius 2 is 2.16 bits per heavy atom. The van der Waals surface area contributed by atoms with Crippen LogP contribution in [-0.2, 0) is 16.4 Å². The summed E-state index contributed by atoms with van der Waals surface area (Å²) in [7, 11) is -3.34. The van der Waals surface area contributed by atoms with E-state index < -0.39 is 10.0 Å². The van der Waals surface area contributed by atoms with E-state index in [1.807, 2.05) is 13.0 Å². The third kappa shape index (κ3) is 3.49. The quantitative estimate of drug-likeness (QED) is 0.923. The van der Waals surface area contributed by atoms with E-state index >= 15 is 0 Å². The van der Waals surface area contributed by atoms with Crippen LogP contribution in [0, 0.1) is 0 Å². The van der Waals surface area contributed by atoms with Crippen LogP contribution in [-0.4, -0.2) is 31.9 Å². The number of rotatable bonds is 4. The van der Waals surface area contributed by atoms with Gasteiger partial charge in [0.15, 0.2) is 0 Å². The summed E-state index contributed by atoms with van der Waals surface area (Å²) in [6, 6.07) is 3.59. The number of nitrogens with zero attached hydrogens (tertiary/aromatic N) is 1. The normalized spacial score (nSPS) is 21.1. The van der Waals surface area contributed by atoms with Gasteiger partial charge in [0, 0.05) is 24.0 Å². The first kappa shape index (κ1) is 16.9. The van der Waals surface area contributed by atoms with Crippen LogP contribution in [0.1, 0.15) is 31.1 Å². The second kappa shape index (κ2) is 7.04. The van der Waals surface area contributed by atoms with E-state index in [9.17, 15) is 8.42 Å². The molecule has 0 saturated carbocycles. The molecule has 0 bridgehead atoms. The highest BCUT2D eigenvalue weighted by Gasteiger charge is 2.33. The summed E-state index contributed by atoms with van der Waals surface area (Å²) >= 11 is 1.38. The van der Waals surface area contributed by atoms with E-state index in [0.29, 0.717) is 17.3 Å². The van der Waals surface area contributed by atoms with E-state index in [1.165, 1.54) is 11.3 Å². The van der Waals surface area contributed by atoms with Crippen molar-refractivity contribution in [1.29, 1.82) is 0 Å². The molecule has 1 aromatic heterocycles. The second-order valence-corrected chi connectivity index (χ2v) is 7.86. The molecule has 1 saturated heterocycles. The number of sulfonamides is 1. The molecule has 1 aliphatic heterocycles. The van der Waals surface area contributed by atoms with E-state index in [2.05, 4.69) is 0 Å². The standard InChI is InChI=1S/C12H20N2O2S2.ClH/c1-2-11-6-7-12(17-11)18(15,16)14-8-4-3-5-10(14)9-13;/h6-7,10H,2-5,8-9,13H2,1H3;1H. The molecule has 0 amide bonds. The number of hydrogen-bond donors (Lipinski definition) is 1. The van der Waals surface area contributed by atoms with Gasteiger partial charge in [0.2, 0.25) is 0 Å². The van der Waals surface area contributed by atoms with Crippen molar-refractivity contribution in [2.75, 3.05) is 13.1 Å². The molecule has 2 rings (SSSR count). The highest BCUT2D eigenvalue weighted by Crippen LogP contribution is 2.29. The van der Waals surface area contributed by atoms with Crippen molar-refractivity contribution in [1.82, 2.24) is 4.31 Å². The van der Waals surface area contributed by atoms with Gasteiger partial charge < -0.3 is 5.73 Å². The van der Waals surface area contributed by atoms with Crippen LogP contribution in [0.3, 0.4) is 0 Å². The number of thiophene rings is 1. The zero-order valence-corrected chi connectivity index (χ0v) is 13.5. The molecule has 19 heavy (non-hydrogen) atoms. The molecule has 2 heterocycles. The Hall–Kier alpha value is -0.140. The van der Waals surface area contributed by atoms with Gasteiger partial charge in [-0.25, -0.2) is 8.42 Å². The minimum atomic E-state index is -3.34. The van der Waals surface area contributed by atoms with Gasteiger partial charge in [-0.2, -0.15) is 4.31 Å². The van der Waals surface area contributed by atoms with Crippen molar-refractivity contribution in [3.8, 4) is 0 Å². The molecule has 0 radical (unpaired) electrons. The molecular formula is C12H21ClN2O2S2. The third-order valence-corrected chi connectivity index (χ3v) is 7.04. The lowest BCUT2D eigenvalue weighted by Crippen LogP contribution is -2.47. The molecule has 1 fully saturated rings. The molecule has 110 valence electrons. The predicted molar refractivity (Wildman–Crippen MR) is 81.5 cm³/mol. The fourth-order valence-electron chi connectivity index (χ4n) is 2.33. The molecule has 7 heteroatoms. The van der Waals surface area contributed by atoms with Crippen LogP contribution in [0.4, 0.5) is 0 Å². The maximum Gasteiger partial charge on any atom is 0.252 e. The molecule has 1 aliphatic rings. The minimum absolute atomic E-state index is 0. The molecule has 1 unspecified atom stereocenters. The SMILES string of the molecule is CCc1ccc(S(=O)(=O)N2CCCCC2CN)s1.Cl. The Balaban J connectivity index is 0.00000180. The average molecular weight is 325 g/mol. The minimum Gasteiger partial charge on any atom is -0.329 e. The maximum absolute atomic E-state index is 12.6. The first-order chi connectivity index (χ1) is 8.59. The van der Waals surface area contributed by atoms with Gasteiger partial charge in [-0.1, -0.05) is 13.3 Å². The van der Waals surface area contributed by atoms with Crippen molar-refractivity contribution in [2.45, 2.75) is 42.9 Å². The highest BCUT2D eigenvalue weighted by atomic mass is 35.5. The van der Waals surface area contributed by atoms with Gasteiger partial charge >= 0.3 is 0 Å². The summed E-state index contributed by atoms with van der Waals surface area (Å²) in [4.78, 5) is 1.11. The van der Waals surface area contributed by atoms with Crippen LogP contribution < -0.4 is 5.73 Å². The average Bonchev–Trinajstić information content (AvgIpc) is 2.88. The van der Waals surface area contributed by atoms with Crippen molar-refractivity contribution in [2.24, 2.45) is 5.73 Å². The van der Waals surface area contributed by atoms with Gasteiger partial charge in [-0.15, -0.1) is 23.7 Å². The topological polar surface area (TPSA) is 63.4 Å². The Labute approximate surface area is 125 Å². The van der Waals surface area contributed by atoms with Crippen molar-refractivity contribution in [3.05, 3.63) is 17.0 Å². The number of piperidine rings is 1. The first-order valence-corrected chi connectivity index (χ1v) is 8.66. The monoisotopic (exact) mass is 324 g/mol. The fraction of sp³-hybridized carbons (Fsp3) is 0.667. The Bertz CT molecular complexity index is 502. The van der Waals surface area contributed by atoms with Gasteiger partial charge in [0.05, 0.1) is 0 Å². The second-order valence-electron chi connectivity index (χ2n) is 4.58. The number of aryl methyl sites for hydroxylation is 1. The van der Waals surface area contributed by atoms with Crippen molar-refractivity contribution < 1.29 is 8.42 Å². The molecule has 0 spiro atoms. The van der Waals surface area contributed by atoms with Crippen LogP contribution in [0.5, 0.6) is 0 Å².